The van der Waals surface area contributed by atoms with Gasteiger partial charge in [-0.3, -0.25) is 4.79 Å². The topological polar surface area (TPSA) is 105 Å². The van der Waals surface area contributed by atoms with Gasteiger partial charge in [0.1, 0.15) is 6.04 Å². The number of amides is 2. The van der Waals surface area contributed by atoms with Gasteiger partial charge in [-0.05, 0) is 24.7 Å². The van der Waals surface area contributed by atoms with Gasteiger partial charge < -0.3 is 20.5 Å². The number of carboxylic acids is 1. The van der Waals surface area contributed by atoms with E-state index in [1.807, 2.05) is 0 Å². The van der Waals surface area contributed by atoms with Crippen LogP contribution >= 0.6 is 0 Å². The lowest BCUT2D eigenvalue weighted by molar-refractivity contribution is -0.142. The highest BCUT2D eigenvalue weighted by atomic mass is 16.5. The summed E-state index contributed by atoms with van der Waals surface area (Å²) in [5.41, 5.74) is 0.0159. The van der Waals surface area contributed by atoms with Gasteiger partial charge in [0, 0.05) is 12.5 Å². The summed E-state index contributed by atoms with van der Waals surface area (Å²) in [6.07, 6.45) is 2.91. The lowest BCUT2D eigenvalue weighted by Gasteiger charge is -2.28. The molecule has 1 aliphatic rings. The second-order valence-corrected chi connectivity index (χ2v) is 6.06. The predicted molar refractivity (Wildman–Crippen MR) is 75.8 cm³/mol. The Balaban J connectivity index is 2.49. The molecule has 0 radical (unpaired) electrons. The molecule has 3 N–H and O–H groups in total. The summed E-state index contributed by atoms with van der Waals surface area (Å²) in [5.74, 6) is -1.67. The fraction of sp³-hybridized carbons (Fsp3) is 0.786. The molecule has 1 rings (SSSR count). The number of carboxylic acid groups (broad SMARTS) is 1. The van der Waals surface area contributed by atoms with Crippen molar-refractivity contribution >= 4 is 18.0 Å². The van der Waals surface area contributed by atoms with Crippen LogP contribution < -0.4 is 10.6 Å². The summed E-state index contributed by atoms with van der Waals surface area (Å²) in [4.78, 5) is 34.1. The van der Waals surface area contributed by atoms with E-state index < -0.39 is 24.0 Å². The predicted octanol–water partition coefficient (Wildman–Crippen LogP) is 1.27. The molecule has 0 heterocycles. The highest BCUT2D eigenvalue weighted by Crippen LogP contribution is 2.37. The Morgan fingerprint density at radius 2 is 2.05 bits per heavy atom. The fourth-order valence-electron chi connectivity index (χ4n) is 2.57. The number of nitrogens with one attached hydrogen (secondary N) is 2. The molecule has 0 spiro atoms. The van der Waals surface area contributed by atoms with Crippen LogP contribution in [0.1, 0.15) is 46.0 Å². The third-order valence-corrected chi connectivity index (χ3v) is 4.03. The van der Waals surface area contributed by atoms with Crippen molar-refractivity contribution in [3.05, 3.63) is 0 Å². The number of rotatable bonds is 6. The van der Waals surface area contributed by atoms with Crippen molar-refractivity contribution in [3.8, 4) is 0 Å². The zero-order valence-electron chi connectivity index (χ0n) is 12.8. The van der Waals surface area contributed by atoms with E-state index in [2.05, 4.69) is 29.2 Å². The Bertz CT molecular complexity index is 408. The minimum Gasteiger partial charge on any atom is -0.480 e. The third-order valence-electron chi connectivity index (χ3n) is 4.03. The van der Waals surface area contributed by atoms with E-state index in [1.165, 1.54) is 7.11 Å². The molecule has 1 unspecified atom stereocenters. The van der Waals surface area contributed by atoms with Crippen molar-refractivity contribution in [2.75, 3.05) is 7.11 Å². The molecule has 0 aromatic carbocycles. The Kier molecular flexibility index (Phi) is 5.99. The second kappa shape index (κ2) is 7.28. The molecule has 7 nitrogen and oxygen atoms in total. The van der Waals surface area contributed by atoms with Crippen LogP contribution in [-0.4, -0.2) is 42.3 Å². The molecule has 0 aromatic heterocycles. The Labute approximate surface area is 124 Å². The minimum absolute atomic E-state index is 0.00346. The van der Waals surface area contributed by atoms with Gasteiger partial charge in [-0.2, -0.15) is 0 Å². The van der Waals surface area contributed by atoms with Crippen molar-refractivity contribution < 1.29 is 24.2 Å². The van der Waals surface area contributed by atoms with E-state index in [0.717, 1.165) is 19.3 Å². The van der Waals surface area contributed by atoms with E-state index >= 15 is 0 Å². The van der Waals surface area contributed by atoms with Crippen LogP contribution in [0.3, 0.4) is 0 Å². The first kappa shape index (κ1) is 17.3. The van der Waals surface area contributed by atoms with Gasteiger partial charge in [-0.25, -0.2) is 9.59 Å². The molecule has 1 aliphatic carbocycles. The number of hydrogen-bond acceptors (Lipinski definition) is 4. The molecular weight excluding hydrogens is 276 g/mol. The Morgan fingerprint density at radius 1 is 1.38 bits per heavy atom. The lowest BCUT2D eigenvalue weighted by atomic mass is 9.87. The summed E-state index contributed by atoms with van der Waals surface area (Å²) in [7, 11) is 1.24. The molecule has 120 valence electrons. The number of esters is 1. The maximum atomic E-state index is 11.9. The zero-order valence-corrected chi connectivity index (χ0v) is 12.8. The fourth-order valence-corrected chi connectivity index (χ4v) is 2.57. The quantitative estimate of drug-likeness (QED) is 0.641. The van der Waals surface area contributed by atoms with E-state index in [-0.39, 0.29) is 24.3 Å². The number of carbonyl (C=O) groups is 3. The van der Waals surface area contributed by atoms with Crippen LogP contribution in [-0.2, 0) is 14.3 Å². The van der Waals surface area contributed by atoms with Gasteiger partial charge in [-0.15, -0.1) is 0 Å². The maximum absolute atomic E-state index is 11.9. The van der Waals surface area contributed by atoms with Gasteiger partial charge in [0.2, 0.25) is 0 Å². The number of urea groups is 1. The molecule has 0 bridgehead atoms. The Morgan fingerprint density at radius 3 is 2.52 bits per heavy atom. The molecule has 1 saturated carbocycles. The normalized spacial score (nSPS) is 21.4. The van der Waals surface area contributed by atoms with Crippen LogP contribution in [0.15, 0.2) is 0 Å². The monoisotopic (exact) mass is 300 g/mol. The van der Waals surface area contributed by atoms with Crippen LogP contribution in [0.25, 0.3) is 0 Å². The van der Waals surface area contributed by atoms with E-state index in [0.29, 0.717) is 0 Å². The van der Waals surface area contributed by atoms with E-state index in [4.69, 9.17) is 5.11 Å². The summed E-state index contributed by atoms with van der Waals surface area (Å²) >= 11 is 0. The number of methoxy groups -OCH3 is 1. The van der Waals surface area contributed by atoms with Crippen LogP contribution in [0.4, 0.5) is 4.79 Å². The molecule has 1 fully saturated rings. The van der Waals surface area contributed by atoms with Crippen LogP contribution in [0.2, 0.25) is 0 Å². The SMILES string of the molecule is COC(=O)CC[C@H](NC(=O)NC1CCCC1(C)C)C(=O)O. The van der Waals surface area contributed by atoms with Crippen LogP contribution in [0.5, 0.6) is 0 Å². The summed E-state index contributed by atoms with van der Waals surface area (Å²) in [5, 5.41) is 14.3. The summed E-state index contributed by atoms with van der Waals surface area (Å²) in [6.45, 7) is 4.16. The molecule has 2 amide bonds. The largest absolute Gasteiger partial charge is 0.480 e. The standard InChI is InChI=1S/C14H24N2O5/c1-14(2)8-4-5-10(14)16-13(20)15-9(12(18)19)6-7-11(17)21-3/h9-10H,4-8H2,1-3H3,(H,18,19)(H2,15,16,20)/t9-,10?/m0/s1. The van der Waals surface area contributed by atoms with Gasteiger partial charge in [0.15, 0.2) is 0 Å². The average Bonchev–Trinajstić information content (AvgIpc) is 2.72. The summed E-state index contributed by atoms with van der Waals surface area (Å²) in [6, 6.07) is -1.58. The number of ether oxygens (including phenoxy) is 1. The van der Waals surface area contributed by atoms with Gasteiger partial charge in [-0.1, -0.05) is 20.3 Å². The molecule has 7 heteroatoms. The third kappa shape index (κ3) is 5.24. The second-order valence-electron chi connectivity index (χ2n) is 6.06. The number of aliphatic carboxylic acids is 1. The average molecular weight is 300 g/mol. The minimum atomic E-state index is -1.17. The first-order valence-corrected chi connectivity index (χ1v) is 7.13. The number of carbonyl (C=O) groups excluding carboxylic acids is 2. The first-order valence-electron chi connectivity index (χ1n) is 7.13. The molecule has 2 atom stereocenters. The van der Waals surface area contributed by atoms with E-state index in [9.17, 15) is 14.4 Å². The first-order chi connectivity index (χ1) is 9.76. The molecule has 21 heavy (non-hydrogen) atoms. The van der Waals surface area contributed by atoms with Gasteiger partial charge in [0.25, 0.3) is 0 Å². The van der Waals surface area contributed by atoms with Crippen LogP contribution in [0, 0.1) is 5.41 Å². The lowest BCUT2D eigenvalue weighted by Crippen LogP contribution is -2.51. The molecule has 0 saturated heterocycles. The van der Waals surface area contributed by atoms with Crippen molar-refractivity contribution in [2.45, 2.75) is 58.0 Å². The van der Waals surface area contributed by atoms with E-state index in [1.54, 1.807) is 0 Å². The van der Waals surface area contributed by atoms with Crippen molar-refractivity contribution in [1.29, 1.82) is 0 Å². The molecule has 0 aromatic rings. The smallest absolute Gasteiger partial charge is 0.326 e. The van der Waals surface area contributed by atoms with Crippen molar-refractivity contribution in [3.63, 3.8) is 0 Å². The molecule has 0 aliphatic heterocycles. The highest BCUT2D eigenvalue weighted by Gasteiger charge is 2.35. The zero-order chi connectivity index (χ0) is 16.0. The number of hydrogen-bond donors (Lipinski definition) is 3. The van der Waals surface area contributed by atoms with Crippen molar-refractivity contribution in [1.82, 2.24) is 10.6 Å². The van der Waals surface area contributed by atoms with Crippen molar-refractivity contribution in [2.24, 2.45) is 5.41 Å². The molecular formula is C14H24N2O5. The van der Waals surface area contributed by atoms with Gasteiger partial charge >= 0.3 is 18.0 Å². The highest BCUT2D eigenvalue weighted by molar-refractivity contribution is 5.83. The Hall–Kier alpha value is -1.79. The van der Waals surface area contributed by atoms with Gasteiger partial charge in [0.05, 0.1) is 7.11 Å². The summed E-state index contributed by atoms with van der Waals surface area (Å²) < 4.78 is 4.46. The maximum Gasteiger partial charge on any atom is 0.326 e.